The third kappa shape index (κ3) is 6.30. The van der Waals surface area contributed by atoms with Gasteiger partial charge in [-0.05, 0) is 68.2 Å². The molecule has 4 aromatic rings. The van der Waals surface area contributed by atoms with E-state index in [9.17, 15) is 14.7 Å². The number of fused-ring (bicyclic) bond motifs is 2. The second-order valence-electron chi connectivity index (χ2n) is 14.4. The Balaban J connectivity index is 1.20. The van der Waals surface area contributed by atoms with Gasteiger partial charge < -0.3 is 29.5 Å². The minimum absolute atomic E-state index is 0.112. The van der Waals surface area contributed by atoms with Crippen molar-refractivity contribution in [3.05, 3.63) is 107 Å². The first-order chi connectivity index (χ1) is 24.1. The standard InChI is InChI=1S/C38H45FN6O4Si/c1-25-35(50(2,3)39)34(18-20-44-23-32(42-43-44)29(24-46)27-13-8-5-9-14-27)49-38(25)30-21-28(41-36(47)31-15-10-19-40-31)16-17-33(30)45(37(38)48)22-26-11-6-4-7-12-26/h4-9,11-14,16-17,21,23,25,29,31,34-35,40,46H,10,15,18-20,22,24H2,1-3H3,(H,41,47)/t25-,29?,31-,34+,35-,38+/m1/s1. The Morgan fingerprint density at radius 3 is 2.56 bits per heavy atom. The summed E-state index contributed by atoms with van der Waals surface area (Å²) in [5.41, 5.74) is 2.58. The van der Waals surface area contributed by atoms with Crippen molar-refractivity contribution in [3.8, 4) is 0 Å². The van der Waals surface area contributed by atoms with E-state index < -0.39 is 31.6 Å². The number of carbonyl (C=O) groups excluding carboxylic acids is 2. The molecule has 0 saturated carbocycles. The zero-order chi connectivity index (χ0) is 35.0. The van der Waals surface area contributed by atoms with Crippen LogP contribution in [0.4, 0.5) is 15.5 Å². The molecule has 0 bridgehead atoms. The van der Waals surface area contributed by atoms with Gasteiger partial charge in [-0.3, -0.25) is 14.3 Å². The number of halogens is 1. The Bertz CT molecular complexity index is 1830. The summed E-state index contributed by atoms with van der Waals surface area (Å²) in [6.07, 6.45) is 3.38. The summed E-state index contributed by atoms with van der Waals surface area (Å²) in [5.74, 6) is -1.12. The van der Waals surface area contributed by atoms with Crippen LogP contribution in [0, 0.1) is 5.92 Å². The Labute approximate surface area is 293 Å². The molecule has 4 heterocycles. The number of nitrogens with one attached hydrogen (secondary N) is 2. The largest absolute Gasteiger partial charge is 0.395 e. The second kappa shape index (κ2) is 13.8. The molecule has 262 valence electrons. The Hall–Kier alpha value is -4.23. The number of benzene rings is 3. The summed E-state index contributed by atoms with van der Waals surface area (Å²) in [6, 6.07) is 24.8. The molecule has 2 fully saturated rings. The topological polar surface area (TPSA) is 122 Å². The number of hydrogen-bond acceptors (Lipinski definition) is 7. The van der Waals surface area contributed by atoms with E-state index in [1.54, 1.807) is 22.7 Å². The lowest BCUT2D eigenvalue weighted by atomic mass is 9.82. The maximum absolute atomic E-state index is 16.5. The van der Waals surface area contributed by atoms with E-state index in [2.05, 4.69) is 20.9 Å². The summed E-state index contributed by atoms with van der Waals surface area (Å²) in [7, 11) is -3.40. The molecule has 3 N–H and O–H groups in total. The van der Waals surface area contributed by atoms with E-state index in [4.69, 9.17) is 4.74 Å². The average molecular weight is 697 g/mol. The highest BCUT2D eigenvalue weighted by molar-refractivity contribution is 6.72. The number of aromatic nitrogens is 3. The first-order valence-electron chi connectivity index (χ1n) is 17.6. The fraction of sp³-hybridized carbons (Fsp3) is 0.421. The molecular formula is C38H45FN6O4Si. The first kappa shape index (κ1) is 34.2. The SMILES string of the molecule is C[C@@H]1[C@@H]([Si](C)(C)F)[C@H](CCn2cc(C(CO)c3ccccc3)nn2)O[C@@]12C(=O)N(Cc1ccccc1)c1ccc(NC(=O)[C@H]3CCCN3)cc12. The molecule has 3 aliphatic heterocycles. The van der Waals surface area contributed by atoms with Crippen molar-refractivity contribution in [2.24, 2.45) is 5.92 Å². The molecule has 7 rings (SSSR count). The number of rotatable bonds is 11. The van der Waals surface area contributed by atoms with Gasteiger partial charge in [0.2, 0.25) is 14.3 Å². The lowest BCUT2D eigenvalue weighted by Gasteiger charge is -2.31. The zero-order valence-electron chi connectivity index (χ0n) is 28.8. The third-order valence-electron chi connectivity index (χ3n) is 10.7. The summed E-state index contributed by atoms with van der Waals surface area (Å²) >= 11 is 0. The first-order valence-corrected chi connectivity index (χ1v) is 20.5. The van der Waals surface area contributed by atoms with Crippen LogP contribution in [0.5, 0.6) is 0 Å². The molecule has 0 aliphatic carbocycles. The molecule has 2 saturated heterocycles. The van der Waals surface area contributed by atoms with E-state index in [1.165, 1.54) is 0 Å². The molecule has 10 nitrogen and oxygen atoms in total. The molecular weight excluding hydrogens is 652 g/mol. The second-order valence-corrected chi connectivity index (χ2v) is 18.2. The van der Waals surface area contributed by atoms with Crippen LogP contribution in [0.2, 0.25) is 18.6 Å². The molecule has 0 radical (unpaired) electrons. The van der Waals surface area contributed by atoms with Gasteiger partial charge in [0.15, 0.2) is 5.60 Å². The van der Waals surface area contributed by atoms with Crippen molar-refractivity contribution in [1.29, 1.82) is 0 Å². The number of hydrogen-bond donors (Lipinski definition) is 3. The van der Waals surface area contributed by atoms with E-state index >= 15 is 4.11 Å². The quantitative estimate of drug-likeness (QED) is 0.140. The summed E-state index contributed by atoms with van der Waals surface area (Å²) in [4.78, 5) is 29.7. The predicted octanol–water partition coefficient (Wildman–Crippen LogP) is 5.50. The van der Waals surface area contributed by atoms with Crippen molar-refractivity contribution in [1.82, 2.24) is 20.3 Å². The van der Waals surface area contributed by atoms with Crippen molar-refractivity contribution in [3.63, 3.8) is 0 Å². The number of carbonyl (C=O) groups is 2. The Morgan fingerprint density at radius 1 is 1.14 bits per heavy atom. The number of aliphatic hydroxyl groups excluding tert-OH is 1. The average Bonchev–Trinajstić information content (AvgIpc) is 3.90. The van der Waals surface area contributed by atoms with E-state index in [1.807, 2.05) is 92.0 Å². The molecule has 50 heavy (non-hydrogen) atoms. The lowest BCUT2D eigenvalue weighted by Crippen LogP contribution is -2.45. The molecule has 12 heteroatoms. The van der Waals surface area contributed by atoms with Gasteiger partial charge >= 0.3 is 0 Å². The normalized spacial score (nSPS) is 25.3. The molecule has 1 spiro atoms. The number of ether oxygens (including phenoxy) is 1. The smallest absolute Gasteiger partial charge is 0.264 e. The van der Waals surface area contributed by atoms with Gasteiger partial charge in [0.05, 0.1) is 42.6 Å². The van der Waals surface area contributed by atoms with Crippen LogP contribution in [-0.4, -0.2) is 65.6 Å². The summed E-state index contributed by atoms with van der Waals surface area (Å²) < 4.78 is 25.2. The monoisotopic (exact) mass is 696 g/mol. The minimum Gasteiger partial charge on any atom is -0.395 e. The number of aliphatic hydroxyl groups is 1. The van der Waals surface area contributed by atoms with Crippen molar-refractivity contribution < 1.29 is 23.5 Å². The zero-order valence-corrected chi connectivity index (χ0v) is 29.8. The van der Waals surface area contributed by atoms with Crippen LogP contribution in [0.3, 0.4) is 0 Å². The van der Waals surface area contributed by atoms with E-state index in [0.29, 0.717) is 42.1 Å². The molecule has 2 amide bonds. The minimum atomic E-state index is -3.40. The molecule has 3 aromatic carbocycles. The van der Waals surface area contributed by atoms with Crippen molar-refractivity contribution in [2.45, 2.75) is 81.6 Å². The van der Waals surface area contributed by atoms with Crippen molar-refractivity contribution in [2.75, 3.05) is 23.4 Å². The van der Waals surface area contributed by atoms with Gasteiger partial charge in [0, 0.05) is 35.5 Å². The van der Waals surface area contributed by atoms with Crippen LogP contribution in [-0.2, 0) is 33.0 Å². The number of nitrogens with zero attached hydrogens (tertiary/aromatic N) is 4. The van der Waals surface area contributed by atoms with Crippen LogP contribution < -0.4 is 15.5 Å². The van der Waals surface area contributed by atoms with Crippen LogP contribution in [0.15, 0.2) is 85.1 Å². The van der Waals surface area contributed by atoms with Gasteiger partial charge in [0.25, 0.3) is 5.91 Å². The molecule has 1 unspecified atom stereocenters. The highest BCUT2D eigenvalue weighted by Crippen LogP contribution is 2.60. The number of aryl methyl sites for hydroxylation is 1. The number of anilines is 2. The predicted molar refractivity (Wildman–Crippen MR) is 192 cm³/mol. The maximum Gasteiger partial charge on any atom is 0.264 e. The van der Waals surface area contributed by atoms with E-state index in [0.717, 1.165) is 30.5 Å². The van der Waals surface area contributed by atoms with E-state index in [-0.39, 0.29) is 30.4 Å². The highest BCUT2D eigenvalue weighted by Gasteiger charge is 2.66. The lowest BCUT2D eigenvalue weighted by molar-refractivity contribution is -0.146. The summed E-state index contributed by atoms with van der Waals surface area (Å²) in [5, 5.41) is 25.2. The maximum atomic E-state index is 16.5. The number of amides is 2. The van der Waals surface area contributed by atoms with Crippen LogP contribution >= 0.6 is 0 Å². The highest BCUT2D eigenvalue weighted by atomic mass is 28.4. The van der Waals surface area contributed by atoms with Gasteiger partial charge in [0.1, 0.15) is 0 Å². The van der Waals surface area contributed by atoms with Gasteiger partial charge in [-0.25, -0.2) is 0 Å². The van der Waals surface area contributed by atoms with Crippen molar-refractivity contribution >= 4 is 31.6 Å². The fourth-order valence-corrected chi connectivity index (χ4v) is 10.9. The van der Waals surface area contributed by atoms with Gasteiger partial charge in [-0.1, -0.05) is 72.8 Å². The molecule has 1 aromatic heterocycles. The molecule has 6 atom stereocenters. The summed E-state index contributed by atoms with van der Waals surface area (Å²) in [6.45, 7) is 6.75. The van der Waals surface area contributed by atoms with Gasteiger partial charge in [-0.2, -0.15) is 0 Å². The van der Waals surface area contributed by atoms with Gasteiger partial charge in [-0.15, -0.1) is 5.10 Å². The third-order valence-corrected chi connectivity index (χ3v) is 13.2. The van der Waals surface area contributed by atoms with Crippen LogP contribution in [0.25, 0.3) is 0 Å². The van der Waals surface area contributed by atoms with Crippen LogP contribution in [0.1, 0.15) is 54.5 Å². The molecule has 3 aliphatic rings. The Kier molecular flexibility index (Phi) is 9.46. The fourth-order valence-electron chi connectivity index (χ4n) is 8.35. The Morgan fingerprint density at radius 2 is 1.88 bits per heavy atom.